The highest BCUT2D eigenvalue weighted by Gasteiger charge is 1.98. The van der Waals surface area contributed by atoms with Gasteiger partial charge >= 0.3 is 0 Å². The molecule has 0 unspecified atom stereocenters. The maximum atomic E-state index is 3.34. The molecular weight excluding hydrogens is 218 g/mol. The summed E-state index contributed by atoms with van der Waals surface area (Å²) in [5, 5.41) is 3.34. The Labute approximate surface area is 106 Å². The Kier molecular flexibility index (Phi) is 8.32. The first kappa shape index (κ1) is 15.5. The molecular formula is C14H24ClN. The Morgan fingerprint density at radius 3 is 2.12 bits per heavy atom. The van der Waals surface area contributed by atoms with Gasteiger partial charge in [0.25, 0.3) is 0 Å². The molecule has 0 heterocycles. The third-order valence-electron chi connectivity index (χ3n) is 2.51. The van der Waals surface area contributed by atoms with Crippen LogP contribution in [0.15, 0.2) is 24.3 Å². The zero-order valence-electron chi connectivity index (χ0n) is 10.6. The number of hydrogen-bond donors (Lipinski definition) is 1. The van der Waals surface area contributed by atoms with Crippen molar-refractivity contribution < 1.29 is 0 Å². The molecule has 0 bridgehead atoms. The second-order valence-corrected chi connectivity index (χ2v) is 4.52. The smallest absolute Gasteiger partial charge is 0.000847 e. The summed E-state index contributed by atoms with van der Waals surface area (Å²) in [6, 6.07) is 9.05. The van der Waals surface area contributed by atoms with E-state index < -0.39 is 0 Å². The van der Waals surface area contributed by atoms with Gasteiger partial charge in [0.05, 0.1) is 0 Å². The van der Waals surface area contributed by atoms with E-state index in [0.717, 1.165) is 25.4 Å². The van der Waals surface area contributed by atoms with Gasteiger partial charge in [-0.2, -0.15) is 0 Å². The molecule has 16 heavy (non-hydrogen) atoms. The zero-order chi connectivity index (χ0) is 11.1. The fraction of sp³-hybridized carbons (Fsp3) is 0.571. The van der Waals surface area contributed by atoms with Crippen LogP contribution in [0.4, 0.5) is 0 Å². The number of hydrogen-bond acceptors (Lipinski definition) is 1. The molecule has 92 valence electrons. The number of nitrogens with one attached hydrogen (secondary N) is 1. The van der Waals surface area contributed by atoms with Crippen molar-refractivity contribution in [2.45, 2.75) is 33.6 Å². The van der Waals surface area contributed by atoms with Gasteiger partial charge in [-0.05, 0) is 43.0 Å². The summed E-state index contributed by atoms with van der Waals surface area (Å²) in [6.45, 7) is 8.81. The Balaban J connectivity index is 0.00000225. The molecule has 0 saturated heterocycles. The molecule has 0 amide bonds. The van der Waals surface area contributed by atoms with E-state index in [2.05, 4.69) is 50.4 Å². The molecule has 0 radical (unpaired) electrons. The topological polar surface area (TPSA) is 12.0 Å². The lowest BCUT2D eigenvalue weighted by molar-refractivity contribution is 0.647. The van der Waals surface area contributed by atoms with E-state index >= 15 is 0 Å². The Hall–Kier alpha value is -0.530. The van der Waals surface area contributed by atoms with Crippen molar-refractivity contribution in [1.82, 2.24) is 5.32 Å². The monoisotopic (exact) mass is 241 g/mol. The van der Waals surface area contributed by atoms with Crippen molar-refractivity contribution >= 4 is 12.4 Å². The molecule has 0 atom stereocenters. The SMILES string of the molecule is CCNCCc1ccc(CC(C)C)cc1.Cl. The van der Waals surface area contributed by atoms with E-state index in [1.807, 2.05) is 0 Å². The fourth-order valence-corrected chi connectivity index (χ4v) is 1.72. The highest BCUT2D eigenvalue weighted by Crippen LogP contribution is 2.09. The van der Waals surface area contributed by atoms with Gasteiger partial charge in [0.15, 0.2) is 0 Å². The van der Waals surface area contributed by atoms with Crippen LogP contribution in [0.3, 0.4) is 0 Å². The lowest BCUT2D eigenvalue weighted by Crippen LogP contribution is -2.15. The number of likely N-dealkylation sites (N-methyl/N-ethyl adjacent to an activating group) is 1. The fourth-order valence-electron chi connectivity index (χ4n) is 1.72. The predicted octanol–water partition coefficient (Wildman–Crippen LogP) is 3.46. The van der Waals surface area contributed by atoms with Crippen molar-refractivity contribution in [3.8, 4) is 0 Å². The highest BCUT2D eigenvalue weighted by atomic mass is 35.5. The van der Waals surface area contributed by atoms with Gasteiger partial charge < -0.3 is 5.32 Å². The van der Waals surface area contributed by atoms with Crippen molar-refractivity contribution in [2.24, 2.45) is 5.92 Å². The summed E-state index contributed by atoms with van der Waals surface area (Å²) in [5.74, 6) is 0.748. The molecule has 1 rings (SSSR count). The minimum atomic E-state index is 0. The molecule has 0 fully saturated rings. The van der Waals surface area contributed by atoms with E-state index in [4.69, 9.17) is 0 Å². The lowest BCUT2D eigenvalue weighted by Gasteiger charge is -2.06. The minimum absolute atomic E-state index is 0. The quantitative estimate of drug-likeness (QED) is 0.753. The first-order valence-electron chi connectivity index (χ1n) is 6.01. The van der Waals surface area contributed by atoms with Gasteiger partial charge in [0.1, 0.15) is 0 Å². The average Bonchev–Trinajstić information content (AvgIpc) is 2.20. The molecule has 0 aliphatic carbocycles. The van der Waals surface area contributed by atoms with Gasteiger partial charge in [-0.1, -0.05) is 45.0 Å². The predicted molar refractivity (Wildman–Crippen MR) is 74.5 cm³/mol. The van der Waals surface area contributed by atoms with Crippen LogP contribution in [0.25, 0.3) is 0 Å². The largest absolute Gasteiger partial charge is 0.317 e. The summed E-state index contributed by atoms with van der Waals surface area (Å²) in [6.07, 6.45) is 2.32. The van der Waals surface area contributed by atoms with E-state index in [9.17, 15) is 0 Å². The van der Waals surface area contributed by atoms with Gasteiger partial charge in [-0.25, -0.2) is 0 Å². The van der Waals surface area contributed by atoms with Gasteiger partial charge in [0, 0.05) is 0 Å². The van der Waals surface area contributed by atoms with E-state index in [1.54, 1.807) is 0 Å². The third-order valence-corrected chi connectivity index (χ3v) is 2.51. The first-order chi connectivity index (χ1) is 7.22. The van der Waals surface area contributed by atoms with Crippen LogP contribution in [-0.4, -0.2) is 13.1 Å². The maximum absolute atomic E-state index is 3.34. The normalized spacial score (nSPS) is 10.2. The van der Waals surface area contributed by atoms with Crippen LogP contribution in [0.2, 0.25) is 0 Å². The summed E-state index contributed by atoms with van der Waals surface area (Å²) in [5.41, 5.74) is 2.89. The summed E-state index contributed by atoms with van der Waals surface area (Å²) >= 11 is 0. The van der Waals surface area contributed by atoms with Gasteiger partial charge in [-0.3, -0.25) is 0 Å². The molecule has 0 aliphatic rings. The van der Waals surface area contributed by atoms with Crippen molar-refractivity contribution in [3.63, 3.8) is 0 Å². The summed E-state index contributed by atoms with van der Waals surface area (Å²) in [7, 11) is 0. The molecule has 1 aromatic rings. The first-order valence-corrected chi connectivity index (χ1v) is 6.01. The second-order valence-electron chi connectivity index (χ2n) is 4.52. The van der Waals surface area contributed by atoms with Crippen LogP contribution >= 0.6 is 12.4 Å². The zero-order valence-corrected chi connectivity index (χ0v) is 11.4. The van der Waals surface area contributed by atoms with E-state index in [-0.39, 0.29) is 12.4 Å². The lowest BCUT2D eigenvalue weighted by atomic mass is 10.0. The molecule has 2 heteroatoms. The molecule has 0 saturated carbocycles. The van der Waals surface area contributed by atoms with E-state index in [1.165, 1.54) is 17.5 Å². The summed E-state index contributed by atoms with van der Waals surface area (Å²) in [4.78, 5) is 0. The number of rotatable bonds is 6. The Morgan fingerprint density at radius 1 is 1.06 bits per heavy atom. The molecule has 1 aromatic carbocycles. The van der Waals surface area contributed by atoms with E-state index in [0.29, 0.717) is 0 Å². The van der Waals surface area contributed by atoms with Gasteiger partial charge in [-0.15, -0.1) is 12.4 Å². The van der Waals surface area contributed by atoms with Crippen LogP contribution in [0.5, 0.6) is 0 Å². The number of halogens is 1. The van der Waals surface area contributed by atoms with Crippen LogP contribution in [0, 0.1) is 5.92 Å². The molecule has 0 spiro atoms. The Morgan fingerprint density at radius 2 is 1.62 bits per heavy atom. The highest BCUT2D eigenvalue weighted by molar-refractivity contribution is 5.85. The summed E-state index contributed by atoms with van der Waals surface area (Å²) < 4.78 is 0. The number of benzene rings is 1. The average molecular weight is 242 g/mol. The Bertz CT molecular complexity index is 267. The second kappa shape index (κ2) is 8.60. The van der Waals surface area contributed by atoms with Crippen LogP contribution in [-0.2, 0) is 12.8 Å². The molecule has 0 aromatic heterocycles. The van der Waals surface area contributed by atoms with Crippen molar-refractivity contribution in [1.29, 1.82) is 0 Å². The maximum Gasteiger partial charge on any atom is -0.000847 e. The van der Waals surface area contributed by atoms with Crippen LogP contribution < -0.4 is 5.32 Å². The third kappa shape index (κ3) is 6.14. The standard InChI is InChI=1S/C14H23N.ClH/c1-4-15-10-9-13-5-7-14(8-6-13)11-12(2)3;/h5-8,12,15H,4,9-11H2,1-3H3;1H. The molecule has 1 N–H and O–H groups in total. The van der Waals surface area contributed by atoms with Crippen molar-refractivity contribution in [3.05, 3.63) is 35.4 Å². The molecule has 0 aliphatic heterocycles. The molecule has 1 nitrogen and oxygen atoms in total. The minimum Gasteiger partial charge on any atom is -0.317 e. The van der Waals surface area contributed by atoms with Crippen LogP contribution in [0.1, 0.15) is 31.9 Å². The van der Waals surface area contributed by atoms with Crippen molar-refractivity contribution in [2.75, 3.05) is 13.1 Å². The van der Waals surface area contributed by atoms with Gasteiger partial charge in [0.2, 0.25) is 0 Å².